The average Bonchev–Trinajstić information content (AvgIpc) is 3.02. The highest BCUT2D eigenvalue weighted by molar-refractivity contribution is 7.99. The second kappa shape index (κ2) is 8.55. The highest BCUT2D eigenvalue weighted by Gasteiger charge is 2.22. The van der Waals surface area contributed by atoms with Gasteiger partial charge in [-0.05, 0) is 69.7 Å². The number of fused-ring (bicyclic) bond motifs is 1. The lowest BCUT2D eigenvalue weighted by Gasteiger charge is -2.26. The minimum atomic E-state index is -0.0523. The first-order chi connectivity index (χ1) is 14.4. The molecular formula is C23H27N3O2S2. The van der Waals surface area contributed by atoms with Crippen molar-refractivity contribution in [3.8, 4) is 5.69 Å². The maximum Gasteiger partial charge on any atom is 0.267 e. The molecule has 0 radical (unpaired) electrons. The maximum absolute atomic E-state index is 13.6. The fourth-order valence-electron chi connectivity index (χ4n) is 3.91. The minimum Gasteiger partial charge on any atom is -0.342 e. The van der Waals surface area contributed by atoms with Crippen LogP contribution in [-0.2, 0) is 4.79 Å². The Morgan fingerprint density at radius 2 is 1.87 bits per heavy atom. The van der Waals surface area contributed by atoms with Crippen LogP contribution in [-0.4, -0.2) is 39.2 Å². The van der Waals surface area contributed by atoms with Crippen LogP contribution in [0.3, 0.4) is 0 Å². The molecule has 5 nitrogen and oxygen atoms in total. The fraction of sp³-hybridized carbons (Fsp3) is 0.435. The molecule has 1 aliphatic heterocycles. The molecule has 3 aromatic rings. The quantitative estimate of drug-likeness (QED) is 0.432. The van der Waals surface area contributed by atoms with Crippen molar-refractivity contribution in [3.63, 3.8) is 0 Å². The molecule has 0 atom stereocenters. The number of carbonyl (C=O) groups excluding carboxylic acids is 1. The number of rotatable bonds is 4. The van der Waals surface area contributed by atoms with E-state index in [1.807, 2.05) is 50.8 Å². The van der Waals surface area contributed by atoms with E-state index >= 15 is 0 Å². The molecule has 7 heteroatoms. The first kappa shape index (κ1) is 21.1. The Morgan fingerprint density at radius 1 is 1.13 bits per heavy atom. The zero-order valence-corrected chi connectivity index (χ0v) is 19.6. The lowest BCUT2D eigenvalue weighted by Crippen LogP contribution is -2.36. The molecule has 158 valence electrons. The molecule has 30 heavy (non-hydrogen) atoms. The monoisotopic (exact) mass is 441 g/mol. The summed E-state index contributed by atoms with van der Waals surface area (Å²) in [4.78, 5) is 35.0. The van der Waals surface area contributed by atoms with Gasteiger partial charge >= 0.3 is 0 Å². The number of nitrogens with zero attached hydrogens (tertiary/aromatic N) is 3. The number of carbonyl (C=O) groups is 1. The molecule has 2 aromatic heterocycles. The Balaban J connectivity index is 1.80. The van der Waals surface area contributed by atoms with Crippen molar-refractivity contribution in [2.45, 2.75) is 52.1 Å². The van der Waals surface area contributed by atoms with Crippen LogP contribution in [0, 0.1) is 27.7 Å². The van der Waals surface area contributed by atoms with Crippen LogP contribution < -0.4 is 5.56 Å². The number of likely N-dealkylation sites (tertiary alicyclic amines) is 1. The summed E-state index contributed by atoms with van der Waals surface area (Å²) in [6, 6.07) is 6.10. The first-order valence-electron chi connectivity index (χ1n) is 10.4. The van der Waals surface area contributed by atoms with Crippen LogP contribution in [0.4, 0.5) is 0 Å². The smallest absolute Gasteiger partial charge is 0.267 e. The van der Waals surface area contributed by atoms with E-state index in [1.165, 1.54) is 18.2 Å². The highest BCUT2D eigenvalue weighted by Crippen LogP contribution is 2.30. The molecule has 0 spiro atoms. The molecule has 0 saturated carbocycles. The van der Waals surface area contributed by atoms with Gasteiger partial charge in [0.1, 0.15) is 4.83 Å². The number of benzene rings is 1. The van der Waals surface area contributed by atoms with E-state index in [-0.39, 0.29) is 11.5 Å². The molecule has 3 heterocycles. The fourth-order valence-corrected chi connectivity index (χ4v) is 5.88. The number of aromatic nitrogens is 2. The van der Waals surface area contributed by atoms with Crippen LogP contribution in [0.1, 0.15) is 40.8 Å². The molecular weight excluding hydrogens is 414 g/mol. The van der Waals surface area contributed by atoms with Crippen molar-refractivity contribution in [1.82, 2.24) is 14.5 Å². The number of thiophene rings is 1. The summed E-state index contributed by atoms with van der Waals surface area (Å²) in [6.45, 7) is 9.70. The molecule has 0 unspecified atom stereocenters. The Labute approximate surface area is 185 Å². The SMILES string of the molecule is Cc1ccc(C)c(-n2c(SCC(=O)N3CCCCC3)nc3sc(C)c(C)c3c2=O)c1. The number of hydrogen-bond acceptors (Lipinski definition) is 5. The largest absolute Gasteiger partial charge is 0.342 e. The maximum atomic E-state index is 13.6. The normalized spacial score (nSPS) is 14.5. The summed E-state index contributed by atoms with van der Waals surface area (Å²) in [6.07, 6.45) is 3.33. The number of thioether (sulfide) groups is 1. The Hall–Kier alpha value is -2.12. The van der Waals surface area contributed by atoms with Crippen molar-refractivity contribution in [1.29, 1.82) is 0 Å². The predicted octanol–water partition coefficient (Wildman–Crippen LogP) is 4.79. The van der Waals surface area contributed by atoms with Gasteiger partial charge in [0.25, 0.3) is 5.56 Å². The van der Waals surface area contributed by atoms with Gasteiger partial charge in [-0.15, -0.1) is 11.3 Å². The highest BCUT2D eigenvalue weighted by atomic mass is 32.2. The zero-order valence-electron chi connectivity index (χ0n) is 17.9. The Morgan fingerprint density at radius 3 is 2.60 bits per heavy atom. The van der Waals surface area contributed by atoms with Crippen LogP contribution in [0.5, 0.6) is 0 Å². The molecule has 1 fully saturated rings. The molecule has 0 bridgehead atoms. The van der Waals surface area contributed by atoms with Crippen molar-refractivity contribution < 1.29 is 4.79 Å². The average molecular weight is 442 g/mol. The molecule has 1 aliphatic rings. The van der Waals surface area contributed by atoms with Crippen molar-refractivity contribution in [2.75, 3.05) is 18.8 Å². The van der Waals surface area contributed by atoms with Crippen molar-refractivity contribution in [3.05, 3.63) is 50.1 Å². The van der Waals surface area contributed by atoms with Crippen LogP contribution in [0.2, 0.25) is 0 Å². The van der Waals surface area contributed by atoms with Crippen molar-refractivity contribution >= 4 is 39.2 Å². The van der Waals surface area contributed by atoms with E-state index in [0.717, 1.165) is 58.0 Å². The number of amides is 1. The number of piperidine rings is 1. The van der Waals surface area contributed by atoms with E-state index in [4.69, 9.17) is 4.98 Å². The molecule has 1 amide bonds. The second-order valence-corrected chi connectivity index (χ2v) is 10.2. The van der Waals surface area contributed by atoms with Crippen LogP contribution in [0.15, 0.2) is 28.2 Å². The topological polar surface area (TPSA) is 55.2 Å². The third kappa shape index (κ3) is 3.93. The predicted molar refractivity (Wildman–Crippen MR) is 125 cm³/mol. The Kier molecular flexibility index (Phi) is 6.02. The van der Waals surface area contributed by atoms with Gasteiger partial charge < -0.3 is 4.90 Å². The van der Waals surface area contributed by atoms with E-state index in [1.54, 1.807) is 15.9 Å². The van der Waals surface area contributed by atoms with E-state index < -0.39 is 0 Å². The van der Waals surface area contributed by atoms with Gasteiger partial charge in [-0.3, -0.25) is 14.2 Å². The summed E-state index contributed by atoms with van der Waals surface area (Å²) < 4.78 is 1.71. The van der Waals surface area contributed by atoms with Gasteiger partial charge in [-0.2, -0.15) is 0 Å². The second-order valence-electron chi connectivity index (χ2n) is 8.02. The van der Waals surface area contributed by atoms with Crippen molar-refractivity contribution in [2.24, 2.45) is 0 Å². The zero-order chi connectivity index (χ0) is 21.4. The van der Waals surface area contributed by atoms with E-state index in [9.17, 15) is 9.59 Å². The third-order valence-electron chi connectivity index (χ3n) is 5.81. The molecule has 0 N–H and O–H groups in total. The van der Waals surface area contributed by atoms with Gasteiger partial charge in [0.2, 0.25) is 5.91 Å². The Bertz CT molecular complexity index is 1170. The first-order valence-corrected chi connectivity index (χ1v) is 12.2. The van der Waals surface area contributed by atoms with Gasteiger partial charge in [0.05, 0.1) is 16.8 Å². The van der Waals surface area contributed by atoms with Gasteiger partial charge in [0, 0.05) is 18.0 Å². The van der Waals surface area contributed by atoms with Gasteiger partial charge in [-0.1, -0.05) is 23.9 Å². The van der Waals surface area contributed by atoms with E-state index in [0.29, 0.717) is 16.3 Å². The number of aryl methyl sites for hydroxylation is 4. The lowest BCUT2D eigenvalue weighted by molar-refractivity contribution is -0.129. The molecule has 1 saturated heterocycles. The lowest BCUT2D eigenvalue weighted by atomic mass is 10.1. The summed E-state index contributed by atoms with van der Waals surface area (Å²) in [5.41, 5.74) is 3.88. The number of hydrogen-bond donors (Lipinski definition) is 0. The summed E-state index contributed by atoms with van der Waals surface area (Å²) in [5.74, 6) is 0.423. The van der Waals surface area contributed by atoms with E-state index in [2.05, 4.69) is 0 Å². The van der Waals surface area contributed by atoms with Gasteiger partial charge in [-0.25, -0.2) is 4.98 Å². The van der Waals surface area contributed by atoms with Crippen LogP contribution >= 0.6 is 23.1 Å². The molecule has 0 aliphatic carbocycles. The molecule has 4 rings (SSSR count). The summed E-state index contributed by atoms with van der Waals surface area (Å²) in [5, 5.41) is 1.28. The van der Waals surface area contributed by atoms with Crippen LogP contribution in [0.25, 0.3) is 15.9 Å². The standard InChI is InChI=1S/C23H27N3O2S2/c1-14-8-9-15(2)18(12-14)26-22(28)20-16(3)17(4)30-21(20)24-23(26)29-13-19(27)25-10-6-5-7-11-25/h8-9,12H,5-7,10-11,13H2,1-4H3. The third-order valence-corrected chi connectivity index (χ3v) is 7.84. The minimum absolute atomic E-state index is 0.0523. The van der Waals surface area contributed by atoms with Gasteiger partial charge in [0.15, 0.2) is 5.16 Å². The molecule has 1 aromatic carbocycles. The summed E-state index contributed by atoms with van der Waals surface area (Å²) in [7, 11) is 0. The summed E-state index contributed by atoms with van der Waals surface area (Å²) >= 11 is 2.92.